The highest BCUT2D eigenvalue weighted by molar-refractivity contribution is 5.93. The second-order valence-corrected chi connectivity index (χ2v) is 9.60. The molecule has 4 aromatic heterocycles. The van der Waals surface area contributed by atoms with Crippen molar-refractivity contribution in [2.24, 2.45) is 18.9 Å². The molecule has 4 aromatic rings. The van der Waals surface area contributed by atoms with E-state index in [0.29, 0.717) is 17.2 Å². The first-order valence-corrected chi connectivity index (χ1v) is 12.1. The van der Waals surface area contributed by atoms with Crippen LogP contribution in [-0.4, -0.2) is 57.6 Å². The summed E-state index contributed by atoms with van der Waals surface area (Å²) >= 11 is 0. The monoisotopic (exact) mass is 513 g/mol. The zero-order chi connectivity index (χ0) is 26.6. The van der Waals surface area contributed by atoms with Crippen molar-refractivity contribution in [1.29, 1.82) is 5.26 Å². The fourth-order valence-corrected chi connectivity index (χ4v) is 4.89. The maximum Gasteiger partial charge on any atom is 0.333 e. The van der Waals surface area contributed by atoms with E-state index in [1.807, 2.05) is 6.07 Å². The quantitative estimate of drug-likeness (QED) is 0.379. The zero-order valence-electron chi connectivity index (χ0n) is 20.6. The van der Waals surface area contributed by atoms with Gasteiger partial charge in [0.15, 0.2) is 17.0 Å². The molecule has 1 N–H and O–H groups in total. The van der Waals surface area contributed by atoms with Gasteiger partial charge < -0.3 is 14.8 Å². The van der Waals surface area contributed by atoms with Crippen LogP contribution in [0.3, 0.4) is 0 Å². The molecule has 14 heteroatoms. The van der Waals surface area contributed by atoms with E-state index < -0.39 is 29.7 Å². The van der Waals surface area contributed by atoms with Gasteiger partial charge in [0.25, 0.3) is 5.56 Å². The molecule has 3 atom stereocenters. The molecular weight excluding hydrogens is 490 g/mol. The van der Waals surface area contributed by atoms with Crippen molar-refractivity contribution in [2.75, 3.05) is 23.3 Å². The number of hydrogen-bond donors (Lipinski definition) is 1. The number of nitrogens with one attached hydrogen (secondary N) is 1. The number of nitrogens with zero attached hydrogens (tertiary/aromatic N) is 10. The average molecular weight is 514 g/mol. The lowest BCUT2D eigenvalue weighted by Crippen LogP contribution is -2.40. The smallest absolute Gasteiger partial charge is 0.333 e. The molecule has 1 saturated heterocycles. The van der Waals surface area contributed by atoms with Crippen LogP contribution in [0.15, 0.2) is 40.7 Å². The molecule has 1 aliphatic heterocycles. The van der Waals surface area contributed by atoms with Crippen LogP contribution < -0.4 is 21.5 Å². The van der Waals surface area contributed by atoms with Gasteiger partial charge in [-0.2, -0.15) is 5.26 Å². The molecule has 1 amide bonds. The maximum atomic E-state index is 13.1. The number of fused-ring (bicyclic) bond motifs is 2. The first kappa shape index (κ1) is 23.5. The normalized spacial score (nSPS) is 18.7. The van der Waals surface area contributed by atoms with E-state index in [0.717, 1.165) is 29.5 Å². The summed E-state index contributed by atoms with van der Waals surface area (Å²) in [6.07, 6.45) is 8.98. The van der Waals surface area contributed by atoms with E-state index in [4.69, 9.17) is 5.26 Å². The summed E-state index contributed by atoms with van der Waals surface area (Å²) in [6, 6.07) is 0.919. The van der Waals surface area contributed by atoms with Gasteiger partial charge in [0, 0.05) is 38.1 Å². The standard InChI is InChI=1S/C24H23N11O3/c1-13(35-12-29-20-19(35)22(37)34(4-3-25)24(38)32(20)2)21(36)31-18-9-26-8-17(30-18)16-6-27-23(28-7-16)33-10-14-5-15(14)11-33/h6-9,12-15H,4-5,10-11H2,1-2H3,(H,30,31,36)/t13-,14?,15?/m0/s1. The molecule has 192 valence electrons. The van der Waals surface area contributed by atoms with Gasteiger partial charge in [-0.25, -0.2) is 29.3 Å². The molecule has 2 fully saturated rings. The van der Waals surface area contributed by atoms with Crippen LogP contribution in [0, 0.1) is 23.2 Å². The van der Waals surface area contributed by atoms with Crippen LogP contribution in [0.4, 0.5) is 11.8 Å². The van der Waals surface area contributed by atoms with Crippen molar-refractivity contribution in [1.82, 2.24) is 38.6 Å². The van der Waals surface area contributed by atoms with Gasteiger partial charge in [-0.3, -0.25) is 19.1 Å². The highest BCUT2D eigenvalue weighted by Crippen LogP contribution is 2.45. The van der Waals surface area contributed by atoms with Crippen LogP contribution in [0.5, 0.6) is 0 Å². The number of aryl methyl sites for hydroxylation is 1. The molecule has 0 aromatic carbocycles. The van der Waals surface area contributed by atoms with Gasteiger partial charge in [0.05, 0.1) is 30.5 Å². The number of rotatable bonds is 6. The van der Waals surface area contributed by atoms with Gasteiger partial charge >= 0.3 is 5.69 Å². The molecule has 0 spiro atoms. The first-order valence-electron chi connectivity index (χ1n) is 12.1. The average Bonchev–Trinajstić information content (AvgIpc) is 3.32. The minimum atomic E-state index is -0.888. The van der Waals surface area contributed by atoms with E-state index in [9.17, 15) is 14.4 Å². The lowest BCUT2D eigenvalue weighted by Gasteiger charge is -2.17. The Hall–Kier alpha value is -4.93. The van der Waals surface area contributed by atoms with Crippen molar-refractivity contribution in [3.05, 3.63) is 52.0 Å². The van der Waals surface area contributed by atoms with Crippen molar-refractivity contribution < 1.29 is 4.79 Å². The van der Waals surface area contributed by atoms with Crippen molar-refractivity contribution in [2.45, 2.75) is 25.9 Å². The lowest BCUT2D eigenvalue weighted by molar-refractivity contribution is -0.118. The van der Waals surface area contributed by atoms with E-state index in [2.05, 4.69) is 35.1 Å². The number of amides is 1. The Labute approximate surface area is 215 Å². The summed E-state index contributed by atoms with van der Waals surface area (Å²) in [5.74, 6) is 1.98. The fourth-order valence-electron chi connectivity index (χ4n) is 4.89. The van der Waals surface area contributed by atoms with E-state index in [1.54, 1.807) is 25.5 Å². The highest BCUT2D eigenvalue weighted by Gasteiger charge is 2.45. The molecule has 5 heterocycles. The molecule has 1 saturated carbocycles. The summed E-state index contributed by atoms with van der Waals surface area (Å²) < 4.78 is 3.34. The number of piperidine rings is 1. The Morgan fingerprint density at radius 3 is 2.61 bits per heavy atom. The number of nitriles is 1. The first-order chi connectivity index (χ1) is 18.4. The Morgan fingerprint density at radius 2 is 1.89 bits per heavy atom. The van der Waals surface area contributed by atoms with Gasteiger partial charge in [-0.05, 0) is 25.2 Å². The summed E-state index contributed by atoms with van der Waals surface area (Å²) in [5.41, 5.74) is -0.0454. The topological polar surface area (TPSA) is 170 Å². The molecule has 2 aliphatic rings. The number of aromatic nitrogens is 8. The number of imidazole rings is 1. The number of carbonyl (C=O) groups excluding carboxylic acids is 1. The molecular formula is C24H23N11O3. The summed E-state index contributed by atoms with van der Waals surface area (Å²) in [5, 5.41) is 11.7. The van der Waals surface area contributed by atoms with Gasteiger partial charge in [-0.15, -0.1) is 0 Å². The van der Waals surface area contributed by atoms with E-state index in [-0.39, 0.29) is 17.0 Å². The number of anilines is 2. The predicted octanol–water partition coefficient (Wildman–Crippen LogP) is 0.323. The number of hydrogen-bond acceptors (Lipinski definition) is 10. The highest BCUT2D eigenvalue weighted by atomic mass is 16.2. The zero-order valence-corrected chi connectivity index (χ0v) is 20.6. The van der Waals surface area contributed by atoms with Crippen molar-refractivity contribution in [3.8, 4) is 17.3 Å². The Kier molecular flexibility index (Phi) is 5.48. The molecule has 0 bridgehead atoms. The van der Waals surface area contributed by atoms with E-state index in [1.165, 1.54) is 35.1 Å². The van der Waals surface area contributed by atoms with Gasteiger partial charge in [-0.1, -0.05) is 0 Å². The van der Waals surface area contributed by atoms with Crippen LogP contribution in [-0.2, 0) is 18.4 Å². The number of carbonyl (C=O) groups is 1. The van der Waals surface area contributed by atoms with E-state index >= 15 is 0 Å². The second kappa shape index (κ2) is 8.87. The third kappa shape index (κ3) is 3.88. The summed E-state index contributed by atoms with van der Waals surface area (Å²) in [6.45, 7) is 3.16. The maximum absolute atomic E-state index is 13.1. The molecule has 0 radical (unpaired) electrons. The summed E-state index contributed by atoms with van der Waals surface area (Å²) in [7, 11) is 1.45. The molecule has 14 nitrogen and oxygen atoms in total. The minimum absolute atomic E-state index is 0.0392. The predicted molar refractivity (Wildman–Crippen MR) is 135 cm³/mol. The van der Waals surface area contributed by atoms with Crippen molar-refractivity contribution in [3.63, 3.8) is 0 Å². The molecule has 6 rings (SSSR count). The van der Waals surface area contributed by atoms with Crippen LogP contribution in [0.1, 0.15) is 19.4 Å². The van der Waals surface area contributed by atoms with Crippen LogP contribution >= 0.6 is 0 Å². The second-order valence-electron chi connectivity index (χ2n) is 9.60. The molecule has 2 unspecified atom stereocenters. The Morgan fingerprint density at radius 1 is 1.16 bits per heavy atom. The fraction of sp³-hybridized carbons (Fsp3) is 0.375. The molecule has 38 heavy (non-hydrogen) atoms. The van der Waals surface area contributed by atoms with Gasteiger partial charge in [0.2, 0.25) is 11.9 Å². The SMILES string of the molecule is C[C@@H](C(=O)Nc1cncc(-c2cnc(N3CC4CC4C3)nc2)n1)n1cnc2c1c(=O)n(CC#N)c(=O)n2C. The third-order valence-corrected chi connectivity index (χ3v) is 7.16. The Balaban J connectivity index is 1.23. The van der Waals surface area contributed by atoms with Crippen molar-refractivity contribution >= 4 is 28.8 Å². The molecule has 1 aliphatic carbocycles. The minimum Gasteiger partial charge on any atom is -0.340 e. The van der Waals surface area contributed by atoms with Crippen LogP contribution in [0.2, 0.25) is 0 Å². The lowest BCUT2D eigenvalue weighted by atomic mass is 10.2. The third-order valence-electron chi connectivity index (χ3n) is 7.16. The Bertz CT molecular complexity index is 1720. The summed E-state index contributed by atoms with van der Waals surface area (Å²) in [4.78, 5) is 62.5. The largest absolute Gasteiger partial charge is 0.340 e. The van der Waals surface area contributed by atoms with Gasteiger partial charge in [0.1, 0.15) is 12.6 Å². The van der Waals surface area contributed by atoms with Crippen LogP contribution in [0.25, 0.3) is 22.4 Å².